The number of rotatable bonds is 9. The number of hydrogen-bond donors (Lipinski definition) is 1. The van der Waals surface area contributed by atoms with Crippen LogP contribution in [0.15, 0.2) is 53.4 Å². The number of anilines is 1. The molecule has 2 aromatic rings. The number of carbonyl (C=O) groups is 1. The van der Waals surface area contributed by atoms with Crippen molar-refractivity contribution in [1.82, 2.24) is 10.2 Å². The molecule has 0 saturated carbocycles. The first-order valence-corrected chi connectivity index (χ1v) is 13.4. The van der Waals surface area contributed by atoms with Crippen LogP contribution in [-0.2, 0) is 14.8 Å². The summed E-state index contributed by atoms with van der Waals surface area (Å²) < 4.78 is 39.3. The first-order valence-electron chi connectivity index (χ1n) is 12.0. The molecule has 2 aliphatic heterocycles. The maximum Gasteiger partial charge on any atom is 0.264 e. The maximum atomic E-state index is 13.5. The highest BCUT2D eigenvalue weighted by Crippen LogP contribution is 2.35. The summed E-state index contributed by atoms with van der Waals surface area (Å²) in [6.07, 6.45) is 5.88. The van der Waals surface area contributed by atoms with E-state index in [4.69, 9.17) is 9.47 Å². The number of sulfonamides is 1. The van der Waals surface area contributed by atoms with Crippen LogP contribution in [0, 0.1) is 0 Å². The third-order valence-electron chi connectivity index (χ3n) is 6.10. The molecule has 2 aliphatic rings. The monoisotopic (exact) mass is 487 g/mol. The lowest BCUT2D eigenvalue weighted by molar-refractivity contribution is -0.119. The van der Waals surface area contributed by atoms with Crippen LogP contribution < -0.4 is 19.1 Å². The van der Waals surface area contributed by atoms with Crippen molar-refractivity contribution in [1.29, 1.82) is 0 Å². The zero-order chi connectivity index (χ0) is 23.8. The van der Waals surface area contributed by atoms with E-state index in [2.05, 4.69) is 10.2 Å². The lowest BCUT2D eigenvalue weighted by Crippen LogP contribution is -2.41. The molecule has 4 rings (SSSR count). The Hall–Kier alpha value is -2.78. The SMILES string of the molecule is O=C(CN(c1ccc2c(c1)OCCO2)S(=O)(=O)c1ccccc1)NCCCN1CCCCCC1. The van der Waals surface area contributed by atoms with Crippen molar-refractivity contribution in [2.45, 2.75) is 37.0 Å². The maximum absolute atomic E-state index is 13.5. The molecule has 34 heavy (non-hydrogen) atoms. The summed E-state index contributed by atoms with van der Waals surface area (Å²) in [4.78, 5) is 15.4. The zero-order valence-corrected chi connectivity index (χ0v) is 20.3. The fraction of sp³-hybridized carbons (Fsp3) is 0.480. The van der Waals surface area contributed by atoms with E-state index in [9.17, 15) is 13.2 Å². The van der Waals surface area contributed by atoms with Gasteiger partial charge in [-0.25, -0.2) is 8.42 Å². The molecule has 2 heterocycles. The van der Waals surface area contributed by atoms with Crippen molar-refractivity contribution in [3.05, 3.63) is 48.5 Å². The molecule has 2 aromatic carbocycles. The molecule has 8 nitrogen and oxygen atoms in total. The second-order valence-electron chi connectivity index (χ2n) is 8.61. The summed E-state index contributed by atoms with van der Waals surface area (Å²) in [5.41, 5.74) is 0.354. The van der Waals surface area contributed by atoms with Crippen molar-refractivity contribution >= 4 is 21.6 Å². The zero-order valence-electron chi connectivity index (χ0n) is 19.4. The highest BCUT2D eigenvalue weighted by molar-refractivity contribution is 7.92. The van der Waals surface area contributed by atoms with Crippen LogP contribution in [0.2, 0.25) is 0 Å². The Labute approximate surface area is 201 Å². The molecule has 0 aromatic heterocycles. The molecule has 1 N–H and O–H groups in total. The Morgan fingerprint density at radius 3 is 2.38 bits per heavy atom. The second kappa shape index (κ2) is 11.6. The Morgan fingerprint density at radius 2 is 1.65 bits per heavy atom. The minimum Gasteiger partial charge on any atom is -0.486 e. The van der Waals surface area contributed by atoms with Crippen LogP contribution >= 0.6 is 0 Å². The lowest BCUT2D eigenvalue weighted by Gasteiger charge is -2.26. The largest absolute Gasteiger partial charge is 0.486 e. The highest BCUT2D eigenvalue weighted by atomic mass is 32.2. The number of benzene rings is 2. The summed E-state index contributed by atoms with van der Waals surface area (Å²) in [5.74, 6) is 0.685. The van der Waals surface area contributed by atoms with Gasteiger partial charge in [0.2, 0.25) is 5.91 Å². The quantitative estimate of drug-likeness (QED) is 0.547. The fourth-order valence-corrected chi connectivity index (χ4v) is 5.73. The molecule has 1 amide bonds. The molecule has 0 bridgehead atoms. The van der Waals surface area contributed by atoms with Crippen LogP contribution in [0.4, 0.5) is 5.69 Å². The number of nitrogens with one attached hydrogen (secondary N) is 1. The number of ether oxygens (including phenoxy) is 2. The molecular formula is C25H33N3O5S. The standard InChI is InChI=1S/C25H33N3O5S/c29-25(26-13-8-16-27-14-6-1-2-7-15-27)20-28(34(30,31)22-9-4-3-5-10-22)21-11-12-23-24(19-21)33-18-17-32-23/h3-5,9-12,19H,1-2,6-8,13-18,20H2,(H,26,29). The van der Waals surface area contributed by atoms with Gasteiger partial charge < -0.3 is 19.7 Å². The molecule has 1 fully saturated rings. The van der Waals surface area contributed by atoms with Gasteiger partial charge >= 0.3 is 0 Å². The molecule has 0 spiro atoms. The summed E-state index contributed by atoms with van der Waals surface area (Å²) >= 11 is 0. The number of fused-ring (bicyclic) bond motifs is 1. The van der Waals surface area contributed by atoms with Crippen molar-refractivity contribution in [3.8, 4) is 11.5 Å². The van der Waals surface area contributed by atoms with Gasteiger partial charge in [-0.2, -0.15) is 0 Å². The van der Waals surface area contributed by atoms with E-state index in [0.29, 0.717) is 36.9 Å². The Kier molecular flexibility index (Phi) is 8.29. The Balaban J connectivity index is 1.44. The molecule has 9 heteroatoms. The van der Waals surface area contributed by atoms with Crippen LogP contribution in [0.25, 0.3) is 0 Å². The lowest BCUT2D eigenvalue weighted by atomic mass is 10.2. The summed E-state index contributed by atoms with van der Waals surface area (Å²) in [7, 11) is -3.96. The molecule has 1 saturated heterocycles. The Morgan fingerprint density at radius 1 is 0.941 bits per heavy atom. The van der Waals surface area contributed by atoms with E-state index in [1.165, 1.54) is 37.8 Å². The van der Waals surface area contributed by atoms with E-state index >= 15 is 0 Å². The van der Waals surface area contributed by atoms with E-state index in [-0.39, 0.29) is 17.3 Å². The van der Waals surface area contributed by atoms with Crippen LogP contribution in [0.1, 0.15) is 32.1 Å². The van der Waals surface area contributed by atoms with Gasteiger partial charge in [0.25, 0.3) is 10.0 Å². The Bertz CT molecular complexity index is 1050. The van der Waals surface area contributed by atoms with Crippen molar-refractivity contribution < 1.29 is 22.7 Å². The predicted molar refractivity (Wildman–Crippen MR) is 131 cm³/mol. The van der Waals surface area contributed by atoms with Gasteiger partial charge in [-0.3, -0.25) is 9.10 Å². The average Bonchev–Trinajstić information content (AvgIpc) is 3.14. The fourth-order valence-electron chi connectivity index (χ4n) is 4.30. The van der Waals surface area contributed by atoms with Crippen LogP contribution in [0.3, 0.4) is 0 Å². The van der Waals surface area contributed by atoms with Gasteiger partial charge in [0.05, 0.1) is 10.6 Å². The first-order chi connectivity index (χ1) is 16.5. The normalized spacial score (nSPS) is 16.5. The number of likely N-dealkylation sites (tertiary alicyclic amines) is 1. The third kappa shape index (κ3) is 6.21. The number of carbonyl (C=O) groups excluding carboxylic acids is 1. The predicted octanol–water partition coefficient (Wildman–Crippen LogP) is 3.04. The van der Waals surface area contributed by atoms with Crippen molar-refractivity contribution in [2.24, 2.45) is 0 Å². The highest BCUT2D eigenvalue weighted by Gasteiger charge is 2.28. The van der Waals surface area contributed by atoms with Gasteiger partial charge in [-0.15, -0.1) is 0 Å². The average molecular weight is 488 g/mol. The minimum absolute atomic E-state index is 0.124. The molecule has 184 valence electrons. The number of amides is 1. The van der Waals surface area contributed by atoms with Gasteiger partial charge in [0.15, 0.2) is 11.5 Å². The van der Waals surface area contributed by atoms with Gasteiger partial charge in [0, 0.05) is 12.6 Å². The molecule has 0 aliphatic carbocycles. The van der Waals surface area contributed by atoms with E-state index in [1.807, 2.05) is 0 Å². The molecular weight excluding hydrogens is 454 g/mol. The topological polar surface area (TPSA) is 88.2 Å². The van der Waals surface area contributed by atoms with Gasteiger partial charge in [-0.1, -0.05) is 31.0 Å². The summed E-state index contributed by atoms with van der Waals surface area (Å²) in [6, 6.07) is 13.1. The van der Waals surface area contributed by atoms with Crippen LogP contribution in [0.5, 0.6) is 11.5 Å². The van der Waals surface area contributed by atoms with Gasteiger partial charge in [-0.05, 0) is 63.2 Å². The smallest absolute Gasteiger partial charge is 0.264 e. The molecule has 0 atom stereocenters. The van der Waals surface area contributed by atoms with Gasteiger partial charge in [0.1, 0.15) is 19.8 Å². The van der Waals surface area contributed by atoms with E-state index in [0.717, 1.165) is 30.4 Å². The van der Waals surface area contributed by atoms with Crippen molar-refractivity contribution in [3.63, 3.8) is 0 Å². The van der Waals surface area contributed by atoms with Crippen molar-refractivity contribution in [2.75, 3.05) is 50.2 Å². The summed E-state index contributed by atoms with van der Waals surface area (Å²) in [6.45, 7) is 4.19. The van der Waals surface area contributed by atoms with E-state index < -0.39 is 10.0 Å². The third-order valence-corrected chi connectivity index (χ3v) is 7.89. The number of nitrogens with zero attached hydrogens (tertiary/aromatic N) is 2. The second-order valence-corrected chi connectivity index (χ2v) is 10.5. The molecule has 0 radical (unpaired) electrons. The summed E-state index contributed by atoms with van der Waals surface area (Å²) in [5, 5.41) is 2.90. The first kappa shape index (κ1) is 24.3. The molecule has 0 unspecified atom stereocenters. The van der Waals surface area contributed by atoms with Crippen LogP contribution in [-0.4, -0.2) is 65.2 Å². The number of hydrogen-bond acceptors (Lipinski definition) is 6. The van der Waals surface area contributed by atoms with E-state index in [1.54, 1.807) is 36.4 Å². The minimum atomic E-state index is -3.96.